The number of amides is 1. The second kappa shape index (κ2) is 11.9. The smallest absolute Gasteiger partial charge is 0.417 e. The van der Waals surface area contributed by atoms with Crippen LogP contribution in [0, 0.1) is 0 Å². The maximum atomic E-state index is 15.8. The number of carbonyl (C=O) groups is 1. The summed E-state index contributed by atoms with van der Waals surface area (Å²) in [5.41, 5.74) is 0.624. The first kappa shape index (κ1) is 31.6. The Kier molecular flexibility index (Phi) is 9.38. The number of ether oxygens (including phenoxy) is 1. The third kappa shape index (κ3) is 6.67. The van der Waals surface area contributed by atoms with Crippen molar-refractivity contribution in [3.05, 3.63) is 103 Å². The lowest BCUT2D eigenvalue weighted by molar-refractivity contribution is -0.140. The van der Waals surface area contributed by atoms with Crippen LogP contribution in [0.15, 0.2) is 54.6 Å². The van der Waals surface area contributed by atoms with Crippen molar-refractivity contribution in [3.8, 4) is 5.75 Å². The van der Waals surface area contributed by atoms with Crippen LogP contribution in [0.25, 0.3) is 5.83 Å². The fraction of sp³-hybridized carbons (Fsp3) is 0.222. The zero-order chi connectivity index (χ0) is 30.2. The summed E-state index contributed by atoms with van der Waals surface area (Å²) < 4.78 is 106. The Bertz CT molecular complexity index is 1450. The first-order valence-corrected chi connectivity index (χ1v) is 12.4. The lowest BCUT2D eigenvalue weighted by Gasteiger charge is -2.25. The Morgan fingerprint density at radius 3 is 2.00 bits per heavy atom. The number of rotatable bonds is 7. The molecule has 0 spiro atoms. The highest BCUT2D eigenvalue weighted by molar-refractivity contribution is 6.48. The molecule has 40 heavy (non-hydrogen) atoms. The Balaban J connectivity index is 2.37. The molecule has 0 saturated heterocycles. The van der Waals surface area contributed by atoms with Crippen LogP contribution in [-0.4, -0.2) is 19.2 Å². The number of hydrogen-bond donors (Lipinski definition) is 1. The van der Waals surface area contributed by atoms with E-state index in [4.69, 9.17) is 45.3 Å². The Morgan fingerprint density at radius 1 is 0.925 bits per heavy atom. The third-order valence-electron chi connectivity index (χ3n) is 6.11. The van der Waals surface area contributed by atoms with Gasteiger partial charge in [0.1, 0.15) is 17.5 Å². The Hall–Kier alpha value is -2.95. The standard InChI is InChI=1S/C27H19Cl3F7NO2/c1-12(13-4-3-5-15(8-13)40-2)22-16(6-7-17(25(38)39)23(22)27(35,36)37)21(31)11-18(26(32,33)34)14-9-19(28)24(30)20(29)10-14/h3-12,18H,1-2H3,(H2,38,39)/b21-11-/t12-,18?/m1/s1. The molecule has 0 heterocycles. The molecule has 0 fully saturated rings. The van der Waals surface area contributed by atoms with Crippen LogP contribution in [-0.2, 0) is 6.18 Å². The zero-order valence-electron chi connectivity index (χ0n) is 20.5. The molecular formula is C27H19Cl3F7NO2. The van der Waals surface area contributed by atoms with Gasteiger partial charge in [-0.15, -0.1) is 0 Å². The van der Waals surface area contributed by atoms with Crippen molar-refractivity contribution in [1.82, 2.24) is 0 Å². The summed E-state index contributed by atoms with van der Waals surface area (Å²) in [6.45, 7) is 1.28. The minimum absolute atomic E-state index is 0.108. The highest BCUT2D eigenvalue weighted by atomic mass is 35.5. The summed E-state index contributed by atoms with van der Waals surface area (Å²) in [5, 5.41) is -0.918. The molecule has 0 aromatic heterocycles. The monoisotopic (exact) mass is 627 g/mol. The quantitative estimate of drug-likeness (QED) is 0.209. The minimum atomic E-state index is -5.23. The van der Waals surface area contributed by atoms with Crippen LogP contribution in [0.4, 0.5) is 30.7 Å². The minimum Gasteiger partial charge on any atom is -0.497 e. The van der Waals surface area contributed by atoms with Crippen molar-refractivity contribution >= 4 is 46.5 Å². The van der Waals surface area contributed by atoms with E-state index in [0.717, 1.165) is 18.2 Å². The molecule has 0 radical (unpaired) electrons. The maximum absolute atomic E-state index is 15.8. The van der Waals surface area contributed by atoms with Crippen LogP contribution in [0.1, 0.15) is 56.9 Å². The first-order valence-electron chi connectivity index (χ1n) is 11.2. The van der Waals surface area contributed by atoms with Crippen LogP contribution in [0.3, 0.4) is 0 Å². The fourth-order valence-electron chi connectivity index (χ4n) is 4.24. The van der Waals surface area contributed by atoms with Crippen LogP contribution < -0.4 is 10.5 Å². The van der Waals surface area contributed by atoms with E-state index in [1.807, 2.05) is 0 Å². The summed E-state index contributed by atoms with van der Waals surface area (Å²) in [4.78, 5) is 12.0. The maximum Gasteiger partial charge on any atom is 0.417 e. The predicted octanol–water partition coefficient (Wildman–Crippen LogP) is 9.58. The van der Waals surface area contributed by atoms with Crippen molar-refractivity contribution in [1.29, 1.82) is 0 Å². The van der Waals surface area contributed by atoms with Gasteiger partial charge in [0.2, 0.25) is 5.91 Å². The molecule has 0 aliphatic rings. The topological polar surface area (TPSA) is 52.3 Å². The van der Waals surface area contributed by atoms with Crippen molar-refractivity contribution < 1.29 is 40.3 Å². The molecule has 3 rings (SSSR count). The fourth-order valence-corrected chi connectivity index (χ4v) is 4.85. The third-order valence-corrected chi connectivity index (χ3v) is 7.31. The molecule has 0 aliphatic heterocycles. The molecule has 3 aromatic carbocycles. The lowest BCUT2D eigenvalue weighted by Crippen LogP contribution is -2.23. The molecule has 2 N–H and O–H groups in total. The summed E-state index contributed by atoms with van der Waals surface area (Å²) in [5.74, 6) is -6.80. The predicted molar refractivity (Wildman–Crippen MR) is 140 cm³/mol. The Labute approximate surface area is 239 Å². The molecule has 214 valence electrons. The summed E-state index contributed by atoms with van der Waals surface area (Å²) in [6, 6.07) is 8.84. The van der Waals surface area contributed by atoms with E-state index in [1.54, 1.807) is 0 Å². The SMILES string of the molecule is COc1cccc([C@@H](C)c2c(/C(F)=C/C(c3cc(Cl)c(Cl)c(Cl)c3)C(F)(F)F)ccc(C(N)=O)c2C(F)(F)F)c1. The summed E-state index contributed by atoms with van der Waals surface area (Å²) in [6.07, 6.45) is -10.2. The highest BCUT2D eigenvalue weighted by Crippen LogP contribution is 2.46. The van der Waals surface area contributed by atoms with Gasteiger partial charge in [-0.25, -0.2) is 4.39 Å². The van der Waals surface area contributed by atoms with Crippen molar-refractivity contribution in [2.24, 2.45) is 5.73 Å². The van der Waals surface area contributed by atoms with E-state index in [2.05, 4.69) is 0 Å². The zero-order valence-corrected chi connectivity index (χ0v) is 22.8. The van der Waals surface area contributed by atoms with Crippen LogP contribution in [0.5, 0.6) is 5.75 Å². The normalized spacial score (nSPS) is 14.2. The van der Waals surface area contributed by atoms with Gasteiger partial charge in [0.15, 0.2) is 0 Å². The van der Waals surface area contributed by atoms with Crippen molar-refractivity contribution in [3.63, 3.8) is 0 Å². The van der Waals surface area contributed by atoms with Gasteiger partial charge in [-0.2, -0.15) is 26.3 Å². The number of nitrogens with two attached hydrogens (primary N) is 1. The molecule has 0 bridgehead atoms. The van der Waals surface area contributed by atoms with Gasteiger partial charge < -0.3 is 10.5 Å². The van der Waals surface area contributed by atoms with Gasteiger partial charge in [-0.3, -0.25) is 4.79 Å². The van der Waals surface area contributed by atoms with E-state index in [1.165, 1.54) is 38.3 Å². The van der Waals surface area contributed by atoms with Gasteiger partial charge in [0.05, 0.1) is 33.3 Å². The average molecular weight is 629 g/mol. The summed E-state index contributed by atoms with van der Waals surface area (Å²) >= 11 is 17.6. The van der Waals surface area contributed by atoms with Gasteiger partial charge in [-0.1, -0.05) is 59.9 Å². The molecule has 3 aromatic rings. The van der Waals surface area contributed by atoms with E-state index in [-0.39, 0.29) is 32.5 Å². The molecule has 13 heteroatoms. The second-order valence-corrected chi connectivity index (χ2v) is 9.83. The lowest BCUT2D eigenvalue weighted by atomic mass is 9.82. The number of benzene rings is 3. The Morgan fingerprint density at radius 2 is 1.50 bits per heavy atom. The number of halogens is 10. The molecular weight excluding hydrogens is 610 g/mol. The van der Waals surface area contributed by atoms with Gasteiger partial charge in [0.25, 0.3) is 0 Å². The number of carbonyl (C=O) groups excluding carboxylic acids is 1. The first-order chi connectivity index (χ1) is 18.5. The van der Waals surface area contributed by atoms with Gasteiger partial charge in [-0.05, 0) is 53.1 Å². The molecule has 1 amide bonds. The van der Waals surface area contributed by atoms with Crippen LogP contribution in [0.2, 0.25) is 15.1 Å². The molecule has 0 aliphatic carbocycles. The molecule has 1 unspecified atom stereocenters. The van der Waals surface area contributed by atoms with Gasteiger partial charge >= 0.3 is 12.4 Å². The van der Waals surface area contributed by atoms with Gasteiger partial charge in [0, 0.05) is 11.5 Å². The van der Waals surface area contributed by atoms with E-state index < -0.39 is 63.7 Å². The molecule has 3 nitrogen and oxygen atoms in total. The second-order valence-electron chi connectivity index (χ2n) is 8.64. The molecule has 2 atom stereocenters. The largest absolute Gasteiger partial charge is 0.497 e. The van der Waals surface area contributed by atoms with E-state index in [0.29, 0.717) is 6.07 Å². The number of allylic oxidation sites excluding steroid dienone is 1. The number of methoxy groups -OCH3 is 1. The number of alkyl halides is 6. The average Bonchev–Trinajstić information content (AvgIpc) is 2.87. The number of primary amides is 1. The highest BCUT2D eigenvalue weighted by Gasteiger charge is 2.43. The van der Waals surface area contributed by atoms with Crippen LogP contribution >= 0.6 is 34.8 Å². The number of hydrogen-bond acceptors (Lipinski definition) is 2. The summed E-state index contributed by atoms with van der Waals surface area (Å²) in [7, 11) is 1.32. The van der Waals surface area contributed by atoms with Crippen molar-refractivity contribution in [2.75, 3.05) is 7.11 Å². The van der Waals surface area contributed by atoms with E-state index >= 15 is 4.39 Å². The molecule has 0 saturated carbocycles. The van der Waals surface area contributed by atoms with Crippen molar-refractivity contribution in [2.45, 2.75) is 31.1 Å². The van der Waals surface area contributed by atoms with E-state index in [9.17, 15) is 31.1 Å².